The highest BCUT2D eigenvalue weighted by Crippen LogP contribution is 2.25. The average molecular weight is 480 g/mol. The standard InChI is InChI=1S/C18H23Cl2N3O4S2/c1-22(2)10-3-11-23(13-14-4-9-17(19)18(20)12-14)29(26,27)16-7-5-15(6-8-16)28(21,24)25/h4-9,12H,3,10-11,13H2,1-2H3,(H2,21,24,25). The maximum absolute atomic E-state index is 13.2. The highest BCUT2D eigenvalue weighted by molar-refractivity contribution is 7.89. The fourth-order valence-corrected chi connectivity index (χ4v) is 4.94. The maximum Gasteiger partial charge on any atom is 0.243 e. The van der Waals surface area contributed by atoms with Gasteiger partial charge in [0.1, 0.15) is 0 Å². The topological polar surface area (TPSA) is 101 Å². The van der Waals surface area contributed by atoms with Crippen LogP contribution in [0.1, 0.15) is 12.0 Å². The second kappa shape index (κ2) is 9.74. The second-order valence-electron chi connectivity index (χ2n) is 6.76. The molecule has 7 nitrogen and oxygen atoms in total. The summed E-state index contributed by atoms with van der Waals surface area (Å²) < 4.78 is 50.6. The summed E-state index contributed by atoms with van der Waals surface area (Å²) in [6, 6.07) is 9.80. The first-order valence-electron chi connectivity index (χ1n) is 8.63. The SMILES string of the molecule is CN(C)CCCN(Cc1ccc(Cl)c(Cl)c1)S(=O)(=O)c1ccc(S(N)(=O)=O)cc1. The Bertz CT molecular complexity index is 1060. The van der Waals surface area contributed by atoms with Crippen molar-refractivity contribution in [3.63, 3.8) is 0 Å². The van der Waals surface area contributed by atoms with E-state index < -0.39 is 20.0 Å². The normalized spacial score (nSPS) is 12.7. The monoisotopic (exact) mass is 479 g/mol. The number of benzene rings is 2. The van der Waals surface area contributed by atoms with Gasteiger partial charge < -0.3 is 4.90 Å². The van der Waals surface area contributed by atoms with E-state index >= 15 is 0 Å². The van der Waals surface area contributed by atoms with Gasteiger partial charge in [0.2, 0.25) is 20.0 Å². The van der Waals surface area contributed by atoms with E-state index in [4.69, 9.17) is 28.3 Å². The van der Waals surface area contributed by atoms with Crippen LogP contribution in [0.15, 0.2) is 52.3 Å². The van der Waals surface area contributed by atoms with Gasteiger partial charge in [-0.25, -0.2) is 22.0 Å². The summed E-state index contributed by atoms with van der Waals surface area (Å²) in [5.74, 6) is 0. The first kappa shape index (κ1) is 24.1. The third-order valence-electron chi connectivity index (χ3n) is 4.15. The smallest absolute Gasteiger partial charge is 0.243 e. The molecule has 0 bridgehead atoms. The Morgan fingerprint density at radius 2 is 1.45 bits per heavy atom. The molecule has 2 aromatic carbocycles. The summed E-state index contributed by atoms with van der Waals surface area (Å²) in [4.78, 5) is 1.79. The number of rotatable bonds is 9. The molecule has 2 N–H and O–H groups in total. The zero-order valence-corrected chi connectivity index (χ0v) is 19.2. The first-order chi connectivity index (χ1) is 13.4. The van der Waals surface area contributed by atoms with Crippen molar-refractivity contribution >= 4 is 43.2 Å². The summed E-state index contributed by atoms with van der Waals surface area (Å²) >= 11 is 12.0. The van der Waals surface area contributed by atoms with E-state index in [1.54, 1.807) is 18.2 Å². The van der Waals surface area contributed by atoms with Crippen molar-refractivity contribution in [1.82, 2.24) is 9.21 Å². The van der Waals surface area contributed by atoms with Gasteiger partial charge in [0, 0.05) is 13.1 Å². The zero-order valence-electron chi connectivity index (χ0n) is 16.0. The summed E-state index contributed by atoms with van der Waals surface area (Å²) in [5.41, 5.74) is 0.689. The van der Waals surface area contributed by atoms with Crippen LogP contribution in [0.2, 0.25) is 10.0 Å². The van der Waals surface area contributed by atoms with E-state index in [9.17, 15) is 16.8 Å². The van der Waals surface area contributed by atoms with Gasteiger partial charge in [-0.15, -0.1) is 0 Å². The van der Waals surface area contributed by atoms with E-state index in [2.05, 4.69) is 0 Å². The van der Waals surface area contributed by atoms with Gasteiger partial charge in [-0.2, -0.15) is 4.31 Å². The van der Waals surface area contributed by atoms with Crippen LogP contribution >= 0.6 is 23.2 Å². The molecule has 11 heteroatoms. The van der Waals surface area contributed by atoms with Crippen LogP contribution in [0.5, 0.6) is 0 Å². The molecular formula is C18H23Cl2N3O4S2. The van der Waals surface area contributed by atoms with Crippen molar-refractivity contribution in [3.8, 4) is 0 Å². The highest BCUT2D eigenvalue weighted by Gasteiger charge is 2.25. The molecule has 0 radical (unpaired) electrons. The number of nitrogens with two attached hydrogens (primary N) is 1. The Labute approximate surface area is 182 Å². The lowest BCUT2D eigenvalue weighted by molar-refractivity contribution is 0.346. The van der Waals surface area contributed by atoms with E-state index in [0.717, 1.165) is 0 Å². The summed E-state index contributed by atoms with van der Waals surface area (Å²) in [7, 11) is -3.97. The molecule has 0 aliphatic carbocycles. The van der Waals surface area contributed by atoms with Gasteiger partial charge in [0.05, 0.1) is 19.8 Å². The molecular weight excluding hydrogens is 457 g/mol. The summed E-state index contributed by atoms with van der Waals surface area (Å²) in [6.07, 6.45) is 0.614. The fraction of sp³-hybridized carbons (Fsp3) is 0.333. The highest BCUT2D eigenvalue weighted by atomic mass is 35.5. The van der Waals surface area contributed by atoms with E-state index in [1.165, 1.54) is 28.6 Å². The zero-order chi connectivity index (χ0) is 21.8. The lowest BCUT2D eigenvalue weighted by atomic mass is 10.2. The van der Waals surface area contributed by atoms with E-state index in [-0.39, 0.29) is 22.9 Å². The number of hydrogen-bond donors (Lipinski definition) is 1. The van der Waals surface area contributed by atoms with Gasteiger partial charge in [-0.05, 0) is 69.0 Å². The summed E-state index contributed by atoms with van der Waals surface area (Å²) in [6.45, 7) is 1.08. The molecule has 0 amide bonds. The molecule has 29 heavy (non-hydrogen) atoms. The predicted molar refractivity (Wildman–Crippen MR) is 115 cm³/mol. The molecule has 0 aromatic heterocycles. The molecule has 2 aromatic rings. The lowest BCUT2D eigenvalue weighted by Crippen LogP contribution is -2.33. The third-order valence-corrected chi connectivity index (χ3v) is 7.67. The van der Waals surface area contributed by atoms with Gasteiger partial charge in [-0.1, -0.05) is 29.3 Å². The van der Waals surface area contributed by atoms with Gasteiger partial charge in [-0.3, -0.25) is 0 Å². The van der Waals surface area contributed by atoms with Gasteiger partial charge in [0.25, 0.3) is 0 Å². The average Bonchev–Trinajstić information content (AvgIpc) is 2.63. The molecule has 0 fully saturated rings. The molecule has 2 rings (SSSR count). The Hall–Kier alpha value is -1.20. The van der Waals surface area contributed by atoms with E-state index in [0.29, 0.717) is 28.6 Å². The maximum atomic E-state index is 13.2. The molecule has 0 aliphatic rings. The molecule has 0 atom stereocenters. The van der Waals surface area contributed by atoms with Crippen molar-refractivity contribution in [2.24, 2.45) is 5.14 Å². The van der Waals surface area contributed by atoms with Crippen LogP contribution in [0.3, 0.4) is 0 Å². The van der Waals surface area contributed by atoms with Crippen molar-refractivity contribution in [2.75, 3.05) is 27.2 Å². The largest absolute Gasteiger partial charge is 0.309 e. The van der Waals surface area contributed by atoms with Crippen LogP contribution < -0.4 is 5.14 Å². The predicted octanol–water partition coefficient (Wildman–Crippen LogP) is 2.78. The quantitative estimate of drug-likeness (QED) is 0.595. The fourth-order valence-electron chi connectivity index (χ4n) is 2.64. The minimum absolute atomic E-state index is 0.0187. The van der Waals surface area contributed by atoms with Crippen LogP contribution in [0.4, 0.5) is 0 Å². The molecule has 0 aliphatic heterocycles. The van der Waals surface area contributed by atoms with Crippen LogP contribution in [0.25, 0.3) is 0 Å². The number of halogens is 2. The van der Waals surface area contributed by atoms with Crippen molar-refractivity contribution in [1.29, 1.82) is 0 Å². The van der Waals surface area contributed by atoms with Crippen molar-refractivity contribution in [2.45, 2.75) is 22.8 Å². The number of hydrogen-bond acceptors (Lipinski definition) is 5. The van der Waals surface area contributed by atoms with Crippen molar-refractivity contribution in [3.05, 3.63) is 58.1 Å². The van der Waals surface area contributed by atoms with Crippen LogP contribution in [-0.2, 0) is 26.6 Å². The number of primary sulfonamides is 1. The Morgan fingerprint density at radius 1 is 0.862 bits per heavy atom. The Kier molecular flexibility index (Phi) is 8.08. The van der Waals surface area contributed by atoms with Crippen LogP contribution in [0, 0.1) is 0 Å². The minimum atomic E-state index is -3.91. The molecule has 0 heterocycles. The second-order valence-corrected chi connectivity index (χ2v) is 11.1. The molecule has 0 spiro atoms. The molecule has 0 unspecified atom stereocenters. The van der Waals surface area contributed by atoms with Crippen LogP contribution in [-0.4, -0.2) is 53.2 Å². The molecule has 160 valence electrons. The third kappa shape index (κ3) is 6.65. The number of nitrogens with zero attached hydrogens (tertiary/aromatic N) is 2. The first-order valence-corrected chi connectivity index (χ1v) is 12.4. The Morgan fingerprint density at radius 3 is 1.97 bits per heavy atom. The van der Waals surface area contributed by atoms with E-state index in [1.807, 2.05) is 19.0 Å². The van der Waals surface area contributed by atoms with Gasteiger partial charge in [0.15, 0.2) is 0 Å². The minimum Gasteiger partial charge on any atom is -0.309 e. The van der Waals surface area contributed by atoms with Crippen molar-refractivity contribution < 1.29 is 16.8 Å². The molecule has 0 saturated heterocycles. The lowest BCUT2D eigenvalue weighted by Gasteiger charge is -2.23. The summed E-state index contributed by atoms with van der Waals surface area (Å²) in [5, 5.41) is 5.81. The number of sulfonamides is 2. The Balaban J connectivity index is 2.35. The molecule has 0 saturated carbocycles. The van der Waals surface area contributed by atoms with Gasteiger partial charge >= 0.3 is 0 Å².